The van der Waals surface area contributed by atoms with Crippen molar-refractivity contribution in [1.29, 1.82) is 0 Å². The zero-order valence-electron chi connectivity index (χ0n) is 9.48. The summed E-state index contributed by atoms with van der Waals surface area (Å²) in [5, 5.41) is 10.9. The molecule has 0 bridgehead atoms. The van der Waals surface area contributed by atoms with Crippen LogP contribution in [0.15, 0.2) is 24.4 Å². The summed E-state index contributed by atoms with van der Waals surface area (Å²) < 4.78 is 18.8. The number of aliphatic hydroxyl groups excluding tert-OH is 1. The first kappa shape index (κ1) is 12.0. The van der Waals surface area contributed by atoms with Gasteiger partial charge in [0.25, 0.3) is 0 Å². The van der Waals surface area contributed by atoms with Crippen LogP contribution in [-0.2, 0) is 0 Å². The number of nitrogens with zero attached hydrogens (tertiary/aromatic N) is 1. The molecule has 0 amide bonds. The maximum atomic E-state index is 13.9. The van der Waals surface area contributed by atoms with Crippen molar-refractivity contribution in [3.63, 3.8) is 0 Å². The number of aryl methyl sites for hydroxylation is 1. The fourth-order valence-electron chi connectivity index (χ4n) is 1.55. The lowest BCUT2D eigenvalue weighted by Crippen LogP contribution is -2.02. The highest BCUT2D eigenvalue weighted by Gasteiger charge is 2.19. The molecule has 1 atom stereocenters. The molecular formula is C12H12FNO2S. The summed E-state index contributed by atoms with van der Waals surface area (Å²) in [5.41, 5.74) is 0.202. The van der Waals surface area contributed by atoms with Crippen LogP contribution in [0.4, 0.5) is 4.39 Å². The molecule has 1 heterocycles. The monoisotopic (exact) mass is 253 g/mol. The van der Waals surface area contributed by atoms with Gasteiger partial charge in [0.15, 0.2) is 11.6 Å². The Balaban J connectivity index is 2.40. The highest BCUT2D eigenvalue weighted by atomic mass is 32.1. The third kappa shape index (κ3) is 2.30. The predicted octanol–water partition coefficient (Wildman–Crippen LogP) is 2.68. The molecule has 0 fully saturated rings. The van der Waals surface area contributed by atoms with Crippen LogP contribution in [0.5, 0.6) is 5.75 Å². The molecule has 0 saturated heterocycles. The van der Waals surface area contributed by atoms with Crippen molar-refractivity contribution >= 4 is 11.3 Å². The molecule has 5 heteroatoms. The van der Waals surface area contributed by atoms with Gasteiger partial charge in [-0.15, -0.1) is 11.3 Å². The lowest BCUT2D eigenvalue weighted by Gasteiger charge is -2.11. The van der Waals surface area contributed by atoms with Crippen LogP contribution in [0.25, 0.3) is 0 Å². The zero-order chi connectivity index (χ0) is 12.4. The number of thiazole rings is 1. The minimum Gasteiger partial charge on any atom is -0.494 e. The average Bonchev–Trinajstić information content (AvgIpc) is 2.75. The van der Waals surface area contributed by atoms with Crippen molar-refractivity contribution in [2.24, 2.45) is 0 Å². The largest absolute Gasteiger partial charge is 0.494 e. The Labute approximate surface area is 103 Å². The maximum Gasteiger partial charge on any atom is 0.171 e. The van der Waals surface area contributed by atoms with Gasteiger partial charge >= 0.3 is 0 Å². The Morgan fingerprint density at radius 1 is 1.47 bits per heavy atom. The summed E-state index contributed by atoms with van der Waals surface area (Å²) in [4.78, 5) is 4.66. The Kier molecular flexibility index (Phi) is 3.40. The first-order chi connectivity index (χ1) is 8.13. The fraction of sp³-hybridized carbons (Fsp3) is 0.250. The Bertz CT molecular complexity index is 527. The molecule has 17 heavy (non-hydrogen) atoms. The number of hydrogen-bond acceptors (Lipinski definition) is 4. The summed E-state index contributed by atoms with van der Waals surface area (Å²) in [6.07, 6.45) is 0.556. The van der Waals surface area contributed by atoms with Crippen LogP contribution >= 0.6 is 11.3 Å². The van der Waals surface area contributed by atoms with Crippen LogP contribution in [0.2, 0.25) is 0 Å². The maximum absolute atomic E-state index is 13.9. The third-order valence-corrected chi connectivity index (χ3v) is 3.38. The van der Waals surface area contributed by atoms with Crippen molar-refractivity contribution in [3.8, 4) is 5.75 Å². The van der Waals surface area contributed by atoms with E-state index in [-0.39, 0.29) is 11.3 Å². The van der Waals surface area contributed by atoms with E-state index in [1.54, 1.807) is 12.3 Å². The Morgan fingerprint density at radius 2 is 2.24 bits per heavy atom. The number of aliphatic hydroxyl groups is 1. The van der Waals surface area contributed by atoms with E-state index in [1.165, 1.54) is 30.6 Å². The molecule has 1 aromatic carbocycles. The molecule has 0 aliphatic heterocycles. The number of aromatic nitrogens is 1. The third-order valence-electron chi connectivity index (χ3n) is 2.42. The van der Waals surface area contributed by atoms with Gasteiger partial charge in [-0.3, -0.25) is 0 Å². The standard InChI is InChI=1S/C12H12FNO2S/c1-7-14-6-10(17-7)12(15)8-4-3-5-9(16-2)11(8)13/h3-6,12,15H,1-2H3. The molecule has 0 aliphatic rings. The van der Waals surface area contributed by atoms with Gasteiger partial charge in [-0.25, -0.2) is 9.37 Å². The van der Waals surface area contributed by atoms with Gasteiger partial charge < -0.3 is 9.84 Å². The topological polar surface area (TPSA) is 42.4 Å². The number of rotatable bonds is 3. The van der Waals surface area contributed by atoms with Crippen molar-refractivity contribution < 1.29 is 14.2 Å². The van der Waals surface area contributed by atoms with Crippen molar-refractivity contribution in [2.75, 3.05) is 7.11 Å². The molecule has 1 aromatic heterocycles. The van der Waals surface area contributed by atoms with Gasteiger partial charge in [0, 0.05) is 11.8 Å². The SMILES string of the molecule is COc1cccc(C(O)c2cnc(C)s2)c1F. The molecule has 2 rings (SSSR count). The highest BCUT2D eigenvalue weighted by molar-refractivity contribution is 7.11. The van der Waals surface area contributed by atoms with E-state index < -0.39 is 11.9 Å². The van der Waals surface area contributed by atoms with Crippen LogP contribution in [0.1, 0.15) is 21.6 Å². The number of benzene rings is 1. The summed E-state index contributed by atoms with van der Waals surface area (Å²) in [6, 6.07) is 4.70. The summed E-state index contributed by atoms with van der Waals surface area (Å²) in [7, 11) is 1.39. The van der Waals surface area contributed by atoms with Crippen molar-refractivity contribution in [2.45, 2.75) is 13.0 Å². The van der Waals surface area contributed by atoms with Gasteiger partial charge in [0.1, 0.15) is 6.10 Å². The van der Waals surface area contributed by atoms with E-state index in [0.29, 0.717) is 4.88 Å². The molecule has 0 aliphatic carbocycles. The molecule has 0 radical (unpaired) electrons. The molecular weight excluding hydrogens is 241 g/mol. The number of ether oxygens (including phenoxy) is 1. The van der Waals surface area contributed by atoms with Gasteiger partial charge in [-0.1, -0.05) is 12.1 Å². The van der Waals surface area contributed by atoms with E-state index in [9.17, 15) is 9.50 Å². The first-order valence-electron chi connectivity index (χ1n) is 5.06. The van der Waals surface area contributed by atoms with Gasteiger partial charge in [-0.05, 0) is 13.0 Å². The van der Waals surface area contributed by atoms with Crippen LogP contribution in [-0.4, -0.2) is 17.2 Å². The second-order valence-corrected chi connectivity index (χ2v) is 4.81. The normalized spacial score (nSPS) is 12.5. The molecule has 0 saturated carbocycles. The molecule has 90 valence electrons. The number of hydrogen-bond donors (Lipinski definition) is 1. The van der Waals surface area contributed by atoms with E-state index in [0.717, 1.165) is 5.01 Å². The van der Waals surface area contributed by atoms with E-state index in [1.807, 2.05) is 6.92 Å². The minimum atomic E-state index is -1.00. The fourth-order valence-corrected chi connectivity index (χ4v) is 2.34. The minimum absolute atomic E-state index is 0.128. The highest BCUT2D eigenvalue weighted by Crippen LogP contribution is 2.31. The lowest BCUT2D eigenvalue weighted by molar-refractivity contribution is 0.217. The van der Waals surface area contributed by atoms with Gasteiger partial charge in [0.2, 0.25) is 0 Å². The molecule has 1 unspecified atom stereocenters. The smallest absolute Gasteiger partial charge is 0.171 e. The predicted molar refractivity (Wildman–Crippen MR) is 63.9 cm³/mol. The second-order valence-electron chi connectivity index (χ2n) is 3.55. The van der Waals surface area contributed by atoms with Crippen LogP contribution < -0.4 is 4.74 Å². The van der Waals surface area contributed by atoms with E-state index in [4.69, 9.17) is 4.74 Å². The summed E-state index contributed by atoms with van der Waals surface area (Å²) >= 11 is 1.34. The van der Waals surface area contributed by atoms with Crippen molar-refractivity contribution in [1.82, 2.24) is 4.98 Å². The molecule has 1 N–H and O–H groups in total. The molecule has 3 nitrogen and oxygen atoms in total. The average molecular weight is 253 g/mol. The Morgan fingerprint density at radius 3 is 2.82 bits per heavy atom. The van der Waals surface area contributed by atoms with Crippen molar-refractivity contribution in [3.05, 3.63) is 45.7 Å². The van der Waals surface area contributed by atoms with Crippen LogP contribution in [0.3, 0.4) is 0 Å². The zero-order valence-corrected chi connectivity index (χ0v) is 10.3. The number of methoxy groups -OCH3 is 1. The van der Waals surface area contributed by atoms with Gasteiger partial charge in [0.05, 0.1) is 17.0 Å². The molecule has 0 spiro atoms. The van der Waals surface area contributed by atoms with E-state index in [2.05, 4.69) is 4.98 Å². The van der Waals surface area contributed by atoms with Gasteiger partial charge in [-0.2, -0.15) is 0 Å². The van der Waals surface area contributed by atoms with Crippen LogP contribution in [0, 0.1) is 12.7 Å². The van der Waals surface area contributed by atoms with E-state index >= 15 is 0 Å². The summed E-state index contributed by atoms with van der Waals surface area (Å²) in [5.74, 6) is -0.406. The Hall–Kier alpha value is -1.46. The lowest BCUT2D eigenvalue weighted by atomic mass is 10.1. The molecule has 2 aromatic rings. The first-order valence-corrected chi connectivity index (χ1v) is 5.88. The second kappa shape index (κ2) is 4.81. The summed E-state index contributed by atoms with van der Waals surface area (Å²) in [6.45, 7) is 1.84. The number of halogens is 1. The quantitative estimate of drug-likeness (QED) is 0.914.